The predicted molar refractivity (Wildman–Crippen MR) is 157 cm³/mol. The fourth-order valence-electron chi connectivity index (χ4n) is 4.74. The van der Waals surface area contributed by atoms with E-state index in [0.29, 0.717) is 10.2 Å². The number of anilines is 1. The van der Waals surface area contributed by atoms with Crippen LogP contribution in [0.25, 0.3) is 10.2 Å². The molecule has 1 amide bonds. The van der Waals surface area contributed by atoms with Crippen molar-refractivity contribution in [1.82, 2.24) is 24.4 Å². The number of thiazole rings is 1. The molecule has 4 aromatic rings. The van der Waals surface area contributed by atoms with Crippen LogP contribution in [0.2, 0.25) is 0 Å². The van der Waals surface area contributed by atoms with Crippen molar-refractivity contribution in [3.8, 4) is 11.5 Å². The Morgan fingerprint density at radius 3 is 2.12 bits per heavy atom. The maximum atomic E-state index is 13.7. The summed E-state index contributed by atoms with van der Waals surface area (Å²) in [6.45, 7) is -1.68. The first kappa shape index (κ1) is 35.3. The Hall–Kier alpha value is -4.96. The number of halogens is 6. The third-order valence-corrected chi connectivity index (χ3v) is 9.84. The highest BCUT2D eigenvalue weighted by molar-refractivity contribution is 7.89. The third kappa shape index (κ3) is 8.56. The molecule has 0 spiro atoms. The van der Waals surface area contributed by atoms with Crippen molar-refractivity contribution < 1.29 is 58.9 Å². The van der Waals surface area contributed by atoms with Crippen molar-refractivity contribution in [1.29, 1.82) is 0 Å². The summed E-state index contributed by atoms with van der Waals surface area (Å²) < 4.78 is 112. The number of aromatic nitrogens is 3. The molecule has 1 aliphatic rings. The summed E-state index contributed by atoms with van der Waals surface area (Å²) in [6, 6.07) is 6.41. The number of fused-ring (bicyclic) bond motifs is 1. The molecular weight excluding hydrogens is 714 g/mol. The molecule has 0 saturated carbocycles. The second kappa shape index (κ2) is 13.5. The summed E-state index contributed by atoms with van der Waals surface area (Å²) >= 11 is 0.980. The van der Waals surface area contributed by atoms with Crippen molar-refractivity contribution in [2.45, 2.75) is 36.8 Å². The Labute approximate surface area is 275 Å². The lowest BCUT2D eigenvalue weighted by atomic mass is 10.1. The van der Waals surface area contributed by atoms with E-state index in [1.165, 1.54) is 23.2 Å². The Kier molecular flexibility index (Phi) is 9.75. The molecule has 22 heteroatoms. The maximum absolute atomic E-state index is 13.7. The van der Waals surface area contributed by atoms with Gasteiger partial charge in [-0.3, -0.25) is 14.4 Å². The number of carbonyl (C=O) groups is 2. The summed E-state index contributed by atoms with van der Waals surface area (Å²) in [5.74, 6) is -3.34. The minimum atomic E-state index is -5.02. The van der Waals surface area contributed by atoms with Crippen LogP contribution < -0.4 is 25.2 Å². The van der Waals surface area contributed by atoms with Gasteiger partial charge in [0.2, 0.25) is 15.9 Å². The SMILES string of the molecule is O=C(O)Cn1ncc2sc(N3CCN(S(=O)(=O)c4ccc(OC(F)(F)F)cc4)C(C(=O)NCc4ccc(OC(F)(F)F)cc4)C3)nc2c1=O. The van der Waals surface area contributed by atoms with Crippen molar-refractivity contribution in [3.05, 3.63) is 70.6 Å². The predicted octanol–water partition coefficient (Wildman–Crippen LogP) is 2.93. The van der Waals surface area contributed by atoms with Crippen molar-refractivity contribution in [2.24, 2.45) is 0 Å². The van der Waals surface area contributed by atoms with Gasteiger partial charge >= 0.3 is 18.7 Å². The van der Waals surface area contributed by atoms with Crippen LogP contribution in [0.5, 0.6) is 11.5 Å². The molecule has 1 aliphatic heterocycles. The van der Waals surface area contributed by atoms with E-state index in [2.05, 4.69) is 24.9 Å². The van der Waals surface area contributed by atoms with Gasteiger partial charge in [0, 0.05) is 26.2 Å². The molecule has 0 bridgehead atoms. The van der Waals surface area contributed by atoms with Gasteiger partial charge in [0.1, 0.15) is 24.1 Å². The van der Waals surface area contributed by atoms with Crippen LogP contribution >= 0.6 is 11.3 Å². The van der Waals surface area contributed by atoms with E-state index in [9.17, 15) is 49.1 Å². The van der Waals surface area contributed by atoms with Gasteiger partial charge in [0.25, 0.3) is 5.56 Å². The van der Waals surface area contributed by atoms with Gasteiger partial charge in [-0.1, -0.05) is 23.5 Å². The molecule has 262 valence electrons. The Morgan fingerprint density at radius 2 is 1.55 bits per heavy atom. The standard InChI is InChI=1S/C27H22F6N6O8S2/c28-26(29,30)46-16-3-1-15(2-4-16)11-34-23(42)19-13-37(25-36-22-20(48-25)12-35-38(24(22)43)14-21(40)41)9-10-39(19)49(44,45)18-7-5-17(6-8-18)47-27(31,32)33/h1-8,12,19H,9-11,13-14H2,(H,34,42)(H,40,41). The number of rotatable bonds is 10. The molecule has 0 radical (unpaired) electrons. The highest BCUT2D eigenvalue weighted by Crippen LogP contribution is 2.31. The van der Waals surface area contributed by atoms with Crippen LogP contribution in [0, 0.1) is 0 Å². The summed E-state index contributed by atoms with van der Waals surface area (Å²) in [5.41, 5.74) is -0.560. The van der Waals surface area contributed by atoms with Gasteiger partial charge in [0.05, 0.1) is 15.8 Å². The van der Waals surface area contributed by atoms with E-state index in [-0.39, 0.29) is 41.5 Å². The number of piperazine rings is 1. The summed E-state index contributed by atoms with van der Waals surface area (Å²) in [7, 11) is -4.53. The molecular formula is C27H22F6N6O8S2. The van der Waals surface area contributed by atoms with Gasteiger partial charge in [0.15, 0.2) is 10.6 Å². The molecule has 5 rings (SSSR count). The lowest BCUT2D eigenvalue weighted by Gasteiger charge is -2.39. The molecule has 1 atom stereocenters. The zero-order valence-corrected chi connectivity index (χ0v) is 26.1. The van der Waals surface area contributed by atoms with E-state index in [1.807, 2.05) is 0 Å². The summed E-state index contributed by atoms with van der Waals surface area (Å²) in [6.07, 6.45) is -8.70. The number of ether oxygens (including phenoxy) is 2. The van der Waals surface area contributed by atoms with E-state index in [0.717, 1.165) is 52.0 Å². The number of alkyl halides is 6. The van der Waals surface area contributed by atoms with Crippen molar-refractivity contribution >= 4 is 48.6 Å². The van der Waals surface area contributed by atoms with Crippen LogP contribution in [0.4, 0.5) is 31.5 Å². The number of hydrogen-bond donors (Lipinski definition) is 2. The minimum Gasteiger partial charge on any atom is -0.480 e. The Bertz CT molecular complexity index is 2020. The Morgan fingerprint density at radius 1 is 0.959 bits per heavy atom. The second-order valence-corrected chi connectivity index (χ2v) is 13.1. The third-order valence-electron chi connectivity index (χ3n) is 6.87. The van der Waals surface area contributed by atoms with Gasteiger partial charge in [-0.2, -0.15) is 9.40 Å². The summed E-state index contributed by atoms with van der Waals surface area (Å²) in [4.78, 5) is 42.8. The number of aliphatic carboxylic acids is 1. The van der Waals surface area contributed by atoms with Crippen molar-refractivity contribution in [2.75, 3.05) is 24.5 Å². The average Bonchev–Trinajstić information content (AvgIpc) is 3.46. The highest BCUT2D eigenvalue weighted by atomic mass is 32.2. The number of sulfonamides is 1. The first-order valence-electron chi connectivity index (χ1n) is 13.7. The highest BCUT2D eigenvalue weighted by Gasteiger charge is 2.41. The van der Waals surface area contributed by atoms with Crippen LogP contribution in [-0.4, -0.2) is 82.9 Å². The smallest absolute Gasteiger partial charge is 0.480 e. The van der Waals surface area contributed by atoms with Crippen LogP contribution in [0.1, 0.15) is 5.56 Å². The number of carboxylic acids is 1. The lowest BCUT2D eigenvalue weighted by molar-refractivity contribution is -0.275. The normalized spacial score (nSPS) is 16.0. The number of carbonyl (C=O) groups excluding carboxylic acids is 1. The van der Waals surface area contributed by atoms with Crippen LogP contribution in [0.3, 0.4) is 0 Å². The molecule has 49 heavy (non-hydrogen) atoms. The average molecular weight is 737 g/mol. The van der Waals surface area contributed by atoms with E-state index in [4.69, 9.17) is 5.11 Å². The molecule has 14 nitrogen and oxygen atoms in total. The molecule has 1 unspecified atom stereocenters. The minimum absolute atomic E-state index is 0.0600. The fourth-order valence-corrected chi connectivity index (χ4v) is 7.27. The van der Waals surface area contributed by atoms with E-state index < -0.39 is 69.2 Å². The number of benzene rings is 2. The molecule has 1 saturated heterocycles. The Balaban J connectivity index is 1.41. The fraction of sp³-hybridized carbons (Fsp3) is 0.296. The van der Waals surface area contributed by atoms with Gasteiger partial charge in [-0.25, -0.2) is 18.1 Å². The van der Waals surface area contributed by atoms with Crippen molar-refractivity contribution in [3.63, 3.8) is 0 Å². The number of amides is 1. The number of nitrogens with one attached hydrogen (secondary N) is 1. The molecule has 3 heterocycles. The lowest BCUT2D eigenvalue weighted by Crippen LogP contribution is -2.60. The first-order valence-corrected chi connectivity index (χ1v) is 16.0. The van der Waals surface area contributed by atoms with Gasteiger partial charge in [-0.05, 0) is 42.0 Å². The topological polar surface area (TPSA) is 173 Å². The van der Waals surface area contributed by atoms with Crippen LogP contribution in [-0.2, 0) is 32.7 Å². The van der Waals surface area contributed by atoms with Crippen LogP contribution in [0.15, 0.2) is 64.4 Å². The first-order chi connectivity index (χ1) is 22.9. The largest absolute Gasteiger partial charge is 0.573 e. The quantitative estimate of drug-likeness (QED) is 0.229. The number of hydrogen-bond acceptors (Lipinski definition) is 11. The molecule has 2 aromatic heterocycles. The maximum Gasteiger partial charge on any atom is 0.573 e. The second-order valence-electron chi connectivity index (χ2n) is 10.2. The van der Waals surface area contributed by atoms with Gasteiger partial charge in [-0.15, -0.1) is 26.3 Å². The molecule has 0 aliphatic carbocycles. The number of carboxylic acid groups (broad SMARTS) is 1. The molecule has 1 fully saturated rings. The van der Waals surface area contributed by atoms with E-state index in [1.54, 1.807) is 0 Å². The molecule has 2 aromatic carbocycles. The van der Waals surface area contributed by atoms with Gasteiger partial charge < -0.3 is 24.8 Å². The van der Waals surface area contributed by atoms with E-state index >= 15 is 0 Å². The zero-order valence-electron chi connectivity index (χ0n) is 24.4. The monoisotopic (exact) mass is 736 g/mol. The molecule has 2 N–H and O–H groups in total. The zero-order chi connectivity index (χ0) is 35.7. The number of nitrogens with zero attached hydrogens (tertiary/aromatic N) is 5. The summed E-state index contributed by atoms with van der Waals surface area (Å²) in [5, 5.41) is 15.6.